The van der Waals surface area contributed by atoms with E-state index in [-0.39, 0.29) is 24.0 Å². The fraction of sp³-hybridized carbons (Fsp3) is 0.750. The van der Waals surface area contributed by atoms with E-state index in [1.54, 1.807) is 6.26 Å². The molecule has 160 valence electrons. The van der Waals surface area contributed by atoms with Crippen molar-refractivity contribution in [3.05, 3.63) is 24.2 Å². The third-order valence-electron chi connectivity index (χ3n) is 5.06. The molecule has 0 bridgehead atoms. The van der Waals surface area contributed by atoms with Gasteiger partial charge in [0.25, 0.3) is 0 Å². The third-order valence-corrected chi connectivity index (χ3v) is 5.06. The first-order valence-electron chi connectivity index (χ1n) is 10.4. The number of hydrogen-bond acceptors (Lipinski definition) is 5. The summed E-state index contributed by atoms with van der Waals surface area (Å²) in [5.74, 6) is 1.87. The van der Waals surface area contributed by atoms with Crippen molar-refractivity contribution in [2.75, 3.05) is 59.1 Å². The van der Waals surface area contributed by atoms with E-state index in [4.69, 9.17) is 18.9 Å². The van der Waals surface area contributed by atoms with Gasteiger partial charge in [0, 0.05) is 52.3 Å². The van der Waals surface area contributed by atoms with E-state index < -0.39 is 0 Å². The van der Waals surface area contributed by atoms with Gasteiger partial charge in [-0.3, -0.25) is 9.89 Å². The first-order valence-corrected chi connectivity index (χ1v) is 10.4. The highest BCUT2D eigenvalue weighted by molar-refractivity contribution is 14.0. The van der Waals surface area contributed by atoms with E-state index in [1.165, 1.54) is 19.3 Å². The molecule has 2 aliphatic heterocycles. The highest BCUT2D eigenvalue weighted by atomic mass is 127. The van der Waals surface area contributed by atoms with Gasteiger partial charge in [0.05, 0.1) is 25.6 Å². The second kappa shape index (κ2) is 14.2. The highest BCUT2D eigenvalue weighted by Crippen LogP contribution is 2.15. The molecule has 0 saturated carbocycles. The number of furan rings is 1. The van der Waals surface area contributed by atoms with Gasteiger partial charge in [-0.15, -0.1) is 24.0 Å². The molecule has 1 aromatic rings. The molecule has 0 amide bonds. The maximum absolute atomic E-state index is 5.81. The lowest BCUT2D eigenvalue weighted by Gasteiger charge is -2.26. The molecule has 3 rings (SSSR count). The third kappa shape index (κ3) is 9.11. The number of halogens is 1. The van der Waals surface area contributed by atoms with Crippen LogP contribution in [0, 0.1) is 0 Å². The zero-order valence-electron chi connectivity index (χ0n) is 16.7. The minimum Gasteiger partial charge on any atom is -0.469 e. The Labute approximate surface area is 185 Å². The summed E-state index contributed by atoms with van der Waals surface area (Å²) in [6, 6.07) is 3.93. The molecule has 8 heteroatoms. The summed E-state index contributed by atoms with van der Waals surface area (Å²) in [7, 11) is 0. The van der Waals surface area contributed by atoms with E-state index >= 15 is 0 Å². The van der Waals surface area contributed by atoms with Gasteiger partial charge < -0.3 is 24.5 Å². The van der Waals surface area contributed by atoms with Crippen LogP contribution in [0.25, 0.3) is 0 Å². The van der Waals surface area contributed by atoms with Crippen LogP contribution in [0.3, 0.4) is 0 Å². The molecule has 2 saturated heterocycles. The Kier molecular flexibility index (Phi) is 11.9. The van der Waals surface area contributed by atoms with Crippen LogP contribution >= 0.6 is 24.0 Å². The molecule has 2 N–H and O–H groups in total. The Morgan fingerprint density at radius 2 is 2.00 bits per heavy atom. The number of nitrogens with one attached hydrogen (secondary N) is 2. The first kappa shape index (κ1) is 23.4. The minimum absolute atomic E-state index is 0. The van der Waals surface area contributed by atoms with E-state index in [2.05, 4.69) is 15.5 Å². The fourth-order valence-electron chi connectivity index (χ4n) is 3.45. The van der Waals surface area contributed by atoms with Gasteiger partial charge in [-0.05, 0) is 37.8 Å². The monoisotopic (exact) mass is 506 g/mol. The van der Waals surface area contributed by atoms with Crippen LogP contribution in [0.5, 0.6) is 0 Å². The molecule has 0 aliphatic carbocycles. The van der Waals surface area contributed by atoms with Crippen LogP contribution in [0.4, 0.5) is 0 Å². The summed E-state index contributed by atoms with van der Waals surface area (Å²) >= 11 is 0. The van der Waals surface area contributed by atoms with Crippen LogP contribution in [-0.4, -0.2) is 76.1 Å². The standard InChI is InChI=1S/C20H34N4O3.HI/c1-2-14-26-18(4-1)6-8-21-20(22-9-7-19-5-3-15-27-19)23-10-11-24-12-16-25-17-13-24;/h3,5,15,18H,1-2,4,6-14,16-17H2,(H2,21,22,23);1H. The van der Waals surface area contributed by atoms with Gasteiger partial charge in [0.15, 0.2) is 5.96 Å². The number of rotatable bonds is 9. The highest BCUT2D eigenvalue weighted by Gasteiger charge is 2.13. The van der Waals surface area contributed by atoms with Crippen molar-refractivity contribution in [2.45, 2.75) is 38.2 Å². The Morgan fingerprint density at radius 3 is 2.75 bits per heavy atom. The molecule has 3 heterocycles. The second-order valence-electron chi connectivity index (χ2n) is 7.14. The Bertz CT molecular complexity index is 530. The van der Waals surface area contributed by atoms with E-state index in [9.17, 15) is 0 Å². The minimum atomic E-state index is 0. The van der Waals surface area contributed by atoms with Crippen molar-refractivity contribution in [1.29, 1.82) is 0 Å². The predicted octanol–water partition coefficient (Wildman–Crippen LogP) is 2.27. The van der Waals surface area contributed by atoms with Gasteiger partial charge >= 0.3 is 0 Å². The topological polar surface area (TPSA) is 71.3 Å². The number of guanidine groups is 1. The lowest BCUT2D eigenvalue weighted by atomic mass is 10.1. The van der Waals surface area contributed by atoms with Gasteiger partial charge in [-0.2, -0.15) is 0 Å². The summed E-state index contributed by atoms with van der Waals surface area (Å²) in [5, 5.41) is 6.90. The Hall–Kier alpha value is -0.840. The Balaban J connectivity index is 0.00000280. The molecular formula is C20H35IN4O3. The molecule has 1 atom stereocenters. The molecular weight excluding hydrogens is 471 g/mol. The second-order valence-corrected chi connectivity index (χ2v) is 7.14. The summed E-state index contributed by atoms with van der Waals surface area (Å²) in [6.45, 7) is 8.09. The van der Waals surface area contributed by atoms with Gasteiger partial charge in [-0.25, -0.2) is 0 Å². The molecule has 0 radical (unpaired) electrons. The number of morpholine rings is 1. The summed E-state index contributed by atoms with van der Waals surface area (Å²) in [6.07, 6.45) is 7.58. The molecule has 28 heavy (non-hydrogen) atoms. The lowest BCUT2D eigenvalue weighted by molar-refractivity contribution is 0.0129. The number of nitrogens with zero attached hydrogens (tertiary/aromatic N) is 2. The van der Waals surface area contributed by atoms with Crippen molar-refractivity contribution in [3.63, 3.8) is 0 Å². The van der Waals surface area contributed by atoms with Crippen molar-refractivity contribution in [1.82, 2.24) is 15.5 Å². The number of hydrogen-bond donors (Lipinski definition) is 2. The zero-order chi connectivity index (χ0) is 18.6. The molecule has 2 aliphatic rings. The first-order chi connectivity index (χ1) is 13.4. The van der Waals surface area contributed by atoms with Crippen molar-refractivity contribution < 1.29 is 13.9 Å². The fourth-order valence-corrected chi connectivity index (χ4v) is 3.45. The zero-order valence-corrected chi connectivity index (χ0v) is 19.1. The molecule has 7 nitrogen and oxygen atoms in total. The van der Waals surface area contributed by atoms with E-state index in [0.29, 0.717) is 6.10 Å². The van der Waals surface area contributed by atoms with Crippen molar-refractivity contribution in [2.24, 2.45) is 4.99 Å². The average Bonchev–Trinajstić information content (AvgIpc) is 3.23. The molecule has 2 fully saturated rings. The molecule has 0 aromatic carbocycles. The maximum Gasteiger partial charge on any atom is 0.191 e. The number of aliphatic imine (C=N–C) groups is 1. The smallest absolute Gasteiger partial charge is 0.191 e. The summed E-state index contributed by atoms with van der Waals surface area (Å²) in [4.78, 5) is 7.18. The maximum atomic E-state index is 5.81. The lowest BCUT2D eigenvalue weighted by Crippen LogP contribution is -2.45. The van der Waals surface area contributed by atoms with Crippen molar-refractivity contribution >= 4 is 29.9 Å². The van der Waals surface area contributed by atoms with Gasteiger partial charge in [0.1, 0.15) is 5.76 Å². The predicted molar refractivity (Wildman–Crippen MR) is 122 cm³/mol. The number of ether oxygens (including phenoxy) is 2. The molecule has 0 spiro atoms. The Morgan fingerprint density at radius 1 is 1.14 bits per heavy atom. The van der Waals surface area contributed by atoms with E-state index in [1.807, 2.05) is 12.1 Å². The average molecular weight is 506 g/mol. The summed E-state index contributed by atoms with van der Waals surface area (Å²) < 4.78 is 16.6. The largest absolute Gasteiger partial charge is 0.469 e. The molecule has 1 unspecified atom stereocenters. The van der Waals surface area contributed by atoms with Crippen LogP contribution < -0.4 is 10.6 Å². The normalized spacial score (nSPS) is 21.1. The van der Waals surface area contributed by atoms with Crippen LogP contribution in [0.2, 0.25) is 0 Å². The molecule has 1 aromatic heterocycles. The van der Waals surface area contributed by atoms with Crippen LogP contribution in [-0.2, 0) is 15.9 Å². The van der Waals surface area contributed by atoms with Gasteiger partial charge in [-0.1, -0.05) is 0 Å². The SMILES string of the molecule is I.c1coc(CCNC(=NCCC2CCCCO2)NCCN2CCOCC2)c1. The van der Waals surface area contributed by atoms with Gasteiger partial charge in [0.2, 0.25) is 0 Å². The van der Waals surface area contributed by atoms with Crippen LogP contribution in [0.1, 0.15) is 31.4 Å². The quantitative estimate of drug-likeness (QED) is 0.304. The van der Waals surface area contributed by atoms with Crippen LogP contribution in [0.15, 0.2) is 27.8 Å². The van der Waals surface area contributed by atoms with Crippen molar-refractivity contribution in [3.8, 4) is 0 Å². The van der Waals surface area contributed by atoms with E-state index in [0.717, 1.165) is 83.7 Å². The summed E-state index contributed by atoms with van der Waals surface area (Å²) in [5.41, 5.74) is 0.